The maximum atomic E-state index is 2.07. The van der Waals surface area contributed by atoms with E-state index in [-0.39, 0.29) is 0 Å². The minimum atomic E-state index is 1.38. The van der Waals surface area contributed by atoms with Crippen molar-refractivity contribution in [1.29, 1.82) is 0 Å². The normalized spacial score (nSPS) is 13.5. The zero-order valence-electron chi connectivity index (χ0n) is 9.64. The van der Waals surface area contributed by atoms with Crippen LogP contribution in [-0.4, -0.2) is 23.0 Å². The molecule has 12 heavy (non-hydrogen) atoms. The van der Waals surface area contributed by atoms with Gasteiger partial charge in [-0.1, -0.05) is 41.5 Å². The van der Waals surface area contributed by atoms with Gasteiger partial charge in [-0.3, -0.25) is 0 Å². The Hall–Kier alpha value is 0.700. The van der Waals surface area contributed by atoms with E-state index < -0.39 is 0 Å². The van der Waals surface area contributed by atoms with E-state index in [4.69, 9.17) is 0 Å². The van der Waals surface area contributed by atoms with E-state index in [0.717, 1.165) is 0 Å². The van der Waals surface area contributed by atoms with Gasteiger partial charge in [-0.2, -0.15) is 23.5 Å². The van der Waals surface area contributed by atoms with Crippen molar-refractivity contribution in [3.05, 3.63) is 0 Å². The van der Waals surface area contributed by atoms with E-state index in [1.165, 1.54) is 23.0 Å². The molecular formula is C10H26S2. The van der Waals surface area contributed by atoms with Crippen LogP contribution in [0.4, 0.5) is 0 Å². The van der Waals surface area contributed by atoms with Gasteiger partial charge in [0, 0.05) is 23.0 Å². The van der Waals surface area contributed by atoms with Crippen LogP contribution in [0.25, 0.3) is 0 Å². The van der Waals surface area contributed by atoms with Crippen LogP contribution in [-0.2, 0) is 0 Å². The van der Waals surface area contributed by atoms with Crippen molar-refractivity contribution in [1.82, 2.24) is 0 Å². The van der Waals surface area contributed by atoms with Gasteiger partial charge in [0.25, 0.3) is 0 Å². The monoisotopic (exact) mass is 210 g/mol. The average molecular weight is 210 g/mol. The summed E-state index contributed by atoms with van der Waals surface area (Å²) in [6, 6.07) is 0. The van der Waals surface area contributed by atoms with Gasteiger partial charge in [-0.05, 0) is 0 Å². The lowest BCUT2D eigenvalue weighted by Gasteiger charge is -2.05. The summed E-state index contributed by atoms with van der Waals surface area (Å²) >= 11 is 4.15. The molecule has 0 unspecified atom stereocenters. The minimum Gasteiger partial charge on any atom is -0.160 e. The summed E-state index contributed by atoms with van der Waals surface area (Å²) in [5, 5.41) is 0. The van der Waals surface area contributed by atoms with E-state index >= 15 is 0 Å². The van der Waals surface area contributed by atoms with Gasteiger partial charge in [0.1, 0.15) is 0 Å². The second-order valence-electron chi connectivity index (χ2n) is 1.22. The van der Waals surface area contributed by atoms with Gasteiger partial charge in [0.15, 0.2) is 0 Å². The van der Waals surface area contributed by atoms with Crippen LogP contribution in [0.3, 0.4) is 0 Å². The predicted octanol–water partition coefficient (Wildman–Crippen LogP) is 4.55. The highest BCUT2D eigenvalue weighted by Crippen LogP contribution is 2.14. The molecule has 1 aliphatic rings. The van der Waals surface area contributed by atoms with Crippen LogP contribution in [0, 0.1) is 0 Å². The lowest BCUT2D eigenvalue weighted by Crippen LogP contribution is -1.97. The first-order chi connectivity index (χ1) is 6.00. The van der Waals surface area contributed by atoms with Gasteiger partial charge < -0.3 is 0 Å². The van der Waals surface area contributed by atoms with Crippen molar-refractivity contribution < 1.29 is 0 Å². The van der Waals surface area contributed by atoms with E-state index in [2.05, 4.69) is 23.5 Å². The SMILES string of the molecule is C1CSCCS1.CC.CC.CC. The molecule has 1 saturated heterocycles. The first kappa shape index (κ1) is 18.5. The average Bonchev–Trinajstić information content (AvgIpc) is 2.29. The molecule has 0 aliphatic carbocycles. The molecule has 1 rings (SSSR count). The number of hydrogen-bond acceptors (Lipinski definition) is 2. The standard InChI is InChI=1S/C4H8S2.3C2H6/c1-2-6-4-3-5-1;3*1-2/h1-4H2;3*1-2H3. The highest BCUT2D eigenvalue weighted by molar-refractivity contribution is 8.06. The van der Waals surface area contributed by atoms with Crippen LogP contribution >= 0.6 is 23.5 Å². The molecule has 0 amide bonds. The van der Waals surface area contributed by atoms with Crippen LogP contribution < -0.4 is 0 Å². The molecule has 0 radical (unpaired) electrons. The van der Waals surface area contributed by atoms with Crippen molar-refractivity contribution in [2.75, 3.05) is 23.0 Å². The van der Waals surface area contributed by atoms with Crippen molar-refractivity contribution in [2.45, 2.75) is 41.5 Å². The maximum Gasteiger partial charge on any atom is 0.00238 e. The Morgan fingerprint density at radius 1 is 0.500 bits per heavy atom. The molecule has 1 aliphatic heterocycles. The van der Waals surface area contributed by atoms with Crippen LogP contribution in [0.5, 0.6) is 0 Å². The van der Waals surface area contributed by atoms with Gasteiger partial charge in [-0.15, -0.1) is 0 Å². The van der Waals surface area contributed by atoms with Crippen LogP contribution in [0.2, 0.25) is 0 Å². The number of thioether (sulfide) groups is 2. The lowest BCUT2D eigenvalue weighted by molar-refractivity contribution is 1.43. The van der Waals surface area contributed by atoms with Crippen molar-refractivity contribution >= 4 is 23.5 Å². The third-order valence-electron chi connectivity index (χ3n) is 0.744. The fraction of sp³-hybridized carbons (Fsp3) is 1.00. The van der Waals surface area contributed by atoms with Crippen molar-refractivity contribution in [3.63, 3.8) is 0 Å². The molecule has 0 nitrogen and oxygen atoms in total. The Morgan fingerprint density at radius 2 is 0.667 bits per heavy atom. The van der Waals surface area contributed by atoms with E-state index in [9.17, 15) is 0 Å². The highest BCUT2D eigenvalue weighted by atomic mass is 32.2. The zero-order chi connectivity index (χ0) is 10.2. The quantitative estimate of drug-likeness (QED) is 0.575. The first-order valence-electron chi connectivity index (χ1n) is 5.15. The highest BCUT2D eigenvalue weighted by Gasteiger charge is 1.95. The molecule has 0 saturated carbocycles. The van der Waals surface area contributed by atoms with E-state index in [1.54, 1.807) is 0 Å². The molecule has 0 atom stereocenters. The summed E-state index contributed by atoms with van der Waals surface area (Å²) in [4.78, 5) is 0. The first-order valence-corrected chi connectivity index (χ1v) is 7.46. The molecule has 0 aromatic carbocycles. The van der Waals surface area contributed by atoms with E-state index in [1.807, 2.05) is 41.5 Å². The third kappa shape index (κ3) is 22.4. The Balaban J connectivity index is -0.000000117. The van der Waals surface area contributed by atoms with Crippen LogP contribution in [0.15, 0.2) is 0 Å². The summed E-state index contributed by atoms with van der Waals surface area (Å²) in [5.41, 5.74) is 0. The lowest BCUT2D eigenvalue weighted by atomic mass is 10.9. The second-order valence-corrected chi connectivity index (χ2v) is 3.67. The largest absolute Gasteiger partial charge is 0.160 e. The molecule has 0 spiro atoms. The summed E-state index contributed by atoms with van der Waals surface area (Å²) in [5.74, 6) is 5.52. The Bertz CT molecular complexity index is 23.3. The smallest absolute Gasteiger partial charge is 0.00238 e. The Morgan fingerprint density at radius 3 is 0.750 bits per heavy atom. The molecule has 78 valence electrons. The molecule has 0 aromatic heterocycles. The van der Waals surface area contributed by atoms with Crippen molar-refractivity contribution in [2.24, 2.45) is 0 Å². The van der Waals surface area contributed by atoms with Crippen molar-refractivity contribution in [3.8, 4) is 0 Å². The minimum absolute atomic E-state index is 1.38. The molecule has 0 N–H and O–H groups in total. The fourth-order valence-corrected chi connectivity index (χ4v) is 2.73. The second kappa shape index (κ2) is 29.8. The Kier molecular flexibility index (Phi) is 45.9. The Labute approximate surface area is 88.3 Å². The summed E-state index contributed by atoms with van der Waals surface area (Å²) in [7, 11) is 0. The van der Waals surface area contributed by atoms with Gasteiger partial charge in [-0.25, -0.2) is 0 Å². The maximum absolute atomic E-state index is 2.07. The zero-order valence-corrected chi connectivity index (χ0v) is 11.3. The molecule has 1 heterocycles. The molecule has 0 aromatic rings. The summed E-state index contributed by atoms with van der Waals surface area (Å²) in [6.07, 6.45) is 0. The molecule has 2 heteroatoms. The fourth-order valence-electron chi connectivity index (χ4n) is 0.440. The van der Waals surface area contributed by atoms with Gasteiger partial charge in [0.05, 0.1) is 0 Å². The number of rotatable bonds is 0. The van der Waals surface area contributed by atoms with Gasteiger partial charge >= 0.3 is 0 Å². The van der Waals surface area contributed by atoms with Gasteiger partial charge in [0.2, 0.25) is 0 Å². The summed E-state index contributed by atoms with van der Waals surface area (Å²) < 4.78 is 0. The molecule has 1 fully saturated rings. The topological polar surface area (TPSA) is 0 Å². The number of hydrogen-bond donors (Lipinski definition) is 0. The predicted molar refractivity (Wildman–Crippen MR) is 68.7 cm³/mol. The third-order valence-corrected chi connectivity index (χ3v) is 3.23. The van der Waals surface area contributed by atoms with E-state index in [0.29, 0.717) is 0 Å². The summed E-state index contributed by atoms with van der Waals surface area (Å²) in [6.45, 7) is 12.0. The molecule has 0 bridgehead atoms. The molecular weight excluding hydrogens is 184 g/mol. The van der Waals surface area contributed by atoms with Crippen LogP contribution in [0.1, 0.15) is 41.5 Å².